The first-order valence-corrected chi connectivity index (χ1v) is 14.0. The molecule has 0 atom stereocenters. The lowest BCUT2D eigenvalue weighted by Gasteiger charge is -2.20. The summed E-state index contributed by atoms with van der Waals surface area (Å²) in [7, 11) is 1.60. The minimum absolute atomic E-state index is 0.0371. The highest BCUT2D eigenvalue weighted by molar-refractivity contribution is 8.27. The Labute approximate surface area is 232 Å². The smallest absolute Gasteiger partial charge is 0.283 e. The minimum Gasteiger partial charge on any atom is -0.493 e. The van der Waals surface area contributed by atoms with E-state index in [9.17, 15) is 4.79 Å². The Morgan fingerprint density at radius 2 is 1.72 bits per heavy atom. The van der Waals surface area contributed by atoms with E-state index in [0.29, 0.717) is 59.5 Å². The zero-order chi connectivity index (χ0) is 27.2. The van der Waals surface area contributed by atoms with Crippen LogP contribution >= 0.6 is 11.8 Å². The molecule has 2 aromatic rings. The van der Waals surface area contributed by atoms with Crippen molar-refractivity contribution in [1.29, 1.82) is 5.41 Å². The summed E-state index contributed by atoms with van der Waals surface area (Å²) in [6, 6.07) is 12.8. The van der Waals surface area contributed by atoms with Gasteiger partial charge in [-0.3, -0.25) is 10.2 Å². The molecular weight excluding hydrogens is 516 g/mol. The molecule has 1 N–H and O–H groups in total. The third-order valence-corrected chi connectivity index (χ3v) is 7.74. The number of hydrazone groups is 1. The molecule has 0 bridgehead atoms. The molecule has 0 saturated heterocycles. The lowest BCUT2D eigenvalue weighted by Crippen LogP contribution is -2.35. The number of methoxy groups -OCH3 is 1. The molecule has 0 unspecified atom stereocenters. The number of aliphatic imine (C=N–C) groups is 1. The number of nitrogens with one attached hydrogen (secondary N) is 1. The number of carbonyl (C=O) groups is 1. The normalized spacial score (nSPS) is 18.5. The summed E-state index contributed by atoms with van der Waals surface area (Å²) in [6.07, 6.45) is 7.48. The van der Waals surface area contributed by atoms with Gasteiger partial charge in [0, 0.05) is 5.92 Å². The summed E-state index contributed by atoms with van der Waals surface area (Å²) in [6.45, 7) is 2.96. The average Bonchev–Trinajstić information content (AvgIpc) is 3.39. The summed E-state index contributed by atoms with van der Waals surface area (Å²) in [5, 5.41) is 16.3. The minimum atomic E-state index is -0.439. The number of rotatable bonds is 10. The van der Waals surface area contributed by atoms with Crippen molar-refractivity contribution in [1.82, 2.24) is 5.01 Å². The van der Waals surface area contributed by atoms with Crippen molar-refractivity contribution in [3.05, 3.63) is 53.6 Å². The van der Waals surface area contributed by atoms with Gasteiger partial charge in [0.1, 0.15) is 18.3 Å². The van der Waals surface area contributed by atoms with Crippen LogP contribution in [0.15, 0.2) is 58.1 Å². The number of thioether (sulfide) groups is 1. The fraction of sp³-hybridized carbons (Fsp3) is 0.379. The van der Waals surface area contributed by atoms with Gasteiger partial charge in [-0.1, -0.05) is 37.5 Å². The maximum atomic E-state index is 12.9. The number of nitrogens with zero attached hydrogens (tertiary/aromatic N) is 3. The lowest BCUT2D eigenvalue weighted by molar-refractivity contribution is -0.114. The fourth-order valence-corrected chi connectivity index (χ4v) is 5.79. The van der Waals surface area contributed by atoms with Gasteiger partial charge in [-0.2, -0.15) is 15.1 Å². The first-order valence-electron chi connectivity index (χ1n) is 13.2. The van der Waals surface area contributed by atoms with Crippen LogP contribution in [0.2, 0.25) is 0 Å². The highest BCUT2D eigenvalue weighted by Crippen LogP contribution is 2.37. The first kappa shape index (κ1) is 26.8. The van der Waals surface area contributed by atoms with Gasteiger partial charge in [0.15, 0.2) is 28.8 Å². The number of hydrogen-bond acceptors (Lipinski definition) is 8. The number of para-hydroxylation sites is 2. The third-order valence-electron chi connectivity index (χ3n) is 6.67. The van der Waals surface area contributed by atoms with Crippen molar-refractivity contribution in [3.8, 4) is 23.0 Å². The highest BCUT2D eigenvalue weighted by atomic mass is 32.2. The predicted molar refractivity (Wildman–Crippen MR) is 153 cm³/mol. The molecule has 0 radical (unpaired) electrons. The Balaban J connectivity index is 1.27. The largest absolute Gasteiger partial charge is 0.493 e. The molecule has 39 heavy (non-hydrogen) atoms. The number of hydrogen-bond donors (Lipinski definition) is 1. The van der Waals surface area contributed by atoms with Gasteiger partial charge in [0.2, 0.25) is 5.17 Å². The standard InChI is InChI=1S/C29H32N4O5S/c1-3-36-25-18-19(13-14-24(25)38-16-15-37-23-12-8-7-11-22(23)35-2)17-21-26(30)33-29(31-27(21)34)39-28(32-33)20-9-5-4-6-10-20/h7-8,11-14,17-18,20,30H,3-6,9-10,15-16H2,1-2H3/b21-17-,30-26?. The summed E-state index contributed by atoms with van der Waals surface area (Å²) in [5.41, 5.74) is 0.889. The predicted octanol–water partition coefficient (Wildman–Crippen LogP) is 5.75. The number of amides is 1. The Morgan fingerprint density at radius 1 is 1.00 bits per heavy atom. The molecule has 2 aromatic carbocycles. The van der Waals surface area contributed by atoms with Crippen molar-refractivity contribution in [2.24, 2.45) is 16.0 Å². The van der Waals surface area contributed by atoms with E-state index in [2.05, 4.69) is 10.1 Å². The maximum absolute atomic E-state index is 12.9. The van der Waals surface area contributed by atoms with Gasteiger partial charge >= 0.3 is 0 Å². The van der Waals surface area contributed by atoms with E-state index in [1.54, 1.807) is 25.3 Å². The summed E-state index contributed by atoms with van der Waals surface area (Å²) in [4.78, 5) is 17.1. The molecule has 3 aliphatic rings. The van der Waals surface area contributed by atoms with Gasteiger partial charge < -0.3 is 18.9 Å². The molecule has 1 fully saturated rings. The van der Waals surface area contributed by atoms with Crippen LogP contribution in [-0.2, 0) is 4.79 Å². The van der Waals surface area contributed by atoms with Crippen molar-refractivity contribution in [2.45, 2.75) is 39.0 Å². The molecule has 0 spiro atoms. The maximum Gasteiger partial charge on any atom is 0.283 e. The lowest BCUT2D eigenvalue weighted by atomic mass is 9.90. The SMILES string of the molecule is CCOc1cc(/C=C2/C(=N)N3N=C(C4CCCCC4)SC3=NC2=O)ccc1OCCOc1ccccc1OC. The Hall–Kier alpha value is -3.79. The Kier molecular flexibility index (Phi) is 8.51. The molecule has 1 saturated carbocycles. The molecule has 10 heteroatoms. The van der Waals surface area contributed by atoms with E-state index in [0.717, 1.165) is 17.9 Å². The van der Waals surface area contributed by atoms with E-state index >= 15 is 0 Å². The number of benzene rings is 2. The zero-order valence-electron chi connectivity index (χ0n) is 22.1. The second kappa shape index (κ2) is 12.4. The monoisotopic (exact) mass is 548 g/mol. The van der Waals surface area contributed by atoms with E-state index < -0.39 is 5.91 Å². The van der Waals surface area contributed by atoms with Crippen LogP contribution in [0.1, 0.15) is 44.6 Å². The van der Waals surface area contributed by atoms with Crippen molar-refractivity contribution >= 4 is 39.8 Å². The van der Waals surface area contributed by atoms with Crippen molar-refractivity contribution < 1.29 is 23.7 Å². The molecule has 1 aliphatic carbocycles. The number of fused-ring (bicyclic) bond motifs is 1. The molecule has 2 heterocycles. The van der Waals surface area contributed by atoms with Crippen molar-refractivity contribution in [2.75, 3.05) is 26.9 Å². The Bertz CT molecular complexity index is 1330. The van der Waals surface area contributed by atoms with Gasteiger partial charge in [-0.25, -0.2) is 0 Å². The van der Waals surface area contributed by atoms with Gasteiger partial charge in [0.05, 0.1) is 19.3 Å². The van der Waals surface area contributed by atoms with Crippen molar-refractivity contribution in [3.63, 3.8) is 0 Å². The second-order valence-electron chi connectivity index (χ2n) is 9.28. The van der Waals surface area contributed by atoms with Crippen LogP contribution in [-0.4, -0.2) is 53.9 Å². The van der Waals surface area contributed by atoms with E-state index in [-0.39, 0.29) is 11.4 Å². The van der Waals surface area contributed by atoms with E-state index in [1.807, 2.05) is 37.3 Å². The Morgan fingerprint density at radius 3 is 2.44 bits per heavy atom. The van der Waals surface area contributed by atoms with Crippen LogP contribution < -0.4 is 18.9 Å². The number of carbonyl (C=O) groups excluding carboxylic acids is 1. The number of amidine groups is 2. The van der Waals surface area contributed by atoms with Gasteiger partial charge in [-0.15, -0.1) is 0 Å². The molecule has 2 aliphatic heterocycles. The van der Waals surface area contributed by atoms with Crippen LogP contribution in [0.3, 0.4) is 0 Å². The third kappa shape index (κ3) is 6.11. The molecule has 9 nitrogen and oxygen atoms in total. The fourth-order valence-electron chi connectivity index (χ4n) is 4.73. The summed E-state index contributed by atoms with van der Waals surface area (Å²) in [5.74, 6) is 2.39. The summed E-state index contributed by atoms with van der Waals surface area (Å²) >= 11 is 1.42. The van der Waals surface area contributed by atoms with Gasteiger partial charge in [-0.05, 0) is 67.4 Å². The molecule has 0 aromatic heterocycles. The topological polar surface area (TPSA) is 106 Å². The van der Waals surface area contributed by atoms with Gasteiger partial charge in [0.25, 0.3) is 5.91 Å². The van der Waals surface area contributed by atoms with E-state index in [1.165, 1.54) is 36.0 Å². The number of ether oxygens (including phenoxy) is 4. The zero-order valence-corrected chi connectivity index (χ0v) is 23.0. The van der Waals surface area contributed by atoms with E-state index in [4.69, 9.17) is 24.4 Å². The average molecular weight is 549 g/mol. The molecule has 5 rings (SSSR count). The quantitative estimate of drug-likeness (QED) is 0.298. The van der Waals surface area contributed by atoms with Crippen LogP contribution in [0.4, 0.5) is 0 Å². The molecule has 1 amide bonds. The first-order chi connectivity index (χ1) is 19.1. The summed E-state index contributed by atoms with van der Waals surface area (Å²) < 4.78 is 22.8. The van der Waals surface area contributed by atoms with Crippen LogP contribution in [0.5, 0.6) is 23.0 Å². The van der Waals surface area contributed by atoms with Crippen LogP contribution in [0.25, 0.3) is 6.08 Å². The second-order valence-corrected chi connectivity index (χ2v) is 10.3. The highest BCUT2D eigenvalue weighted by Gasteiger charge is 2.38. The molecule has 204 valence electrons. The molecular formula is C29H32N4O5S. The van der Waals surface area contributed by atoms with Crippen LogP contribution in [0, 0.1) is 11.3 Å².